The molecule has 0 bridgehead atoms. The maximum atomic E-state index is 13.4. The van der Waals surface area contributed by atoms with Crippen molar-refractivity contribution in [3.63, 3.8) is 0 Å². The van der Waals surface area contributed by atoms with Crippen molar-refractivity contribution in [3.05, 3.63) is 63.4 Å². The number of carbonyl (C=O) groups excluding carboxylic acids is 1. The van der Waals surface area contributed by atoms with E-state index in [4.69, 9.17) is 23.2 Å². The molecule has 0 saturated heterocycles. The highest BCUT2D eigenvalue weighted by atomic mass is 35.5. The molecular weight excluding hydrogens is 300 g/mol. The zero-order valence-electron chi connectivity index (χ0n) is 10.7. The van der Waals surface area contributed by atoms with Crippen LogP contribution in [0.15, 0.2) is 36.4 Å². The van der Waals surface area contributed by atoms with Gasteiger partial charge in [-0.2, -0.15) is 0 Å². The molecule has 0 aliphatic rings. The Morgan fingerprint density at radius 3 is 2.55 bits per heavy atom. The summed E-state index contributed by atoms with van der Waals surface area (Å²) in [6, 6.07) is 9.43. The van der Waals surface area contributed by atoms with Crippen molar-refractivity contribution in [1.29, 1.82) is 0 Å². The Hall–Kier alpha value is -1.58. The third-order valence-electron chi connectivity index (χ3n) is 2.87. The standard InChI is InChI=1S/C15H12Cl2FNO/c1-9-2-3-10(6-14(9)18)15(20)8-19-11-4-5-12(16)13(17)7-11/h2-7,19H,8H2,1H3. The SMILES string of the molecule is Cc1ccc(C(=O)CNc2ccc(Cl)c(Cl)c2)cc1F. The van der Waals surface area contributed by atoms with Gasteiger partial charge in [-0.25, -0.2) is 4.39 Å². The minimum atomic E-state index is -0.384. The van der Waals surface area contributed by atoms with Crippen molar-refractivity contribution in [2.75, 3.05) is 11.9 Å². The molecule has 0 aromatic heterocycles. The molecule has 0 unspecified atom stereocenters. The van der Waals surface area contributed by atoms with Crippen LogP contribution in [0.5, 0.6) is 0 Å². The molecule has 0 fully saturated rings. The zero-order valence-corrected chi connectivity index (χ0v) is 12.2. The molecule has 0 amide bonds. The first-order valence-electron chi connectivity index (χ1n) is 5.95. The van der Waals surface area contributed by atoms with Gasteiger partial charge in [-0.05, 0) is 36.8 Å². The van der Waals surface area contributed by atoms with Crippen LogP contribution in [0.2, 0.25) is 10.0 Å². The van der Waals surface area contributed by atoms with E-state index in [2.05, 4.69) is 5.32 Å². The topological polar surface area (TPSA) is 29.1 Å². The van der Waals surface area contributed by atoms with Crippen molar-refractivity contribution in [2.24, 2.45) is 0 Å². The van der Waals surface area contributed by atoms with Crippen LogP contribution in [0, 0.1) is 12.7 Å². The van der Waals surface area contributed by atoms with Gasteiger partial charge in [0.05, 0.1) is 16.6 Å². The average Bonchev–Trinajstić information content (AvgIpc) is 2.43. The molecule has 0 spiro atoms. The Morgan fingerprint density at radius 2 is 1.90 bits per heavy atom. The fourth-order valence-corrected chi connectivity index (χ4v) is 1.95. The molecule has 20 heavy (non-hydrogen) atoms. The Balaban J connectivity index is 2.04. The van der Waals surface area contributed by atoms with Gasteiger partial charge in [0, 0.05) is 11.3 Å². The second-order valence-electron chi connectivity index (χ2n) is 4.37. The van der Waals surface area contributed by atoms with Gasteiger partial charge in [0.25, 0.3) is 0 Å². The third-order valence-corrected chi connectivity index (χ3v) is 3.61. The van der Waals surface area contributed by atoms with Crippen LogP contribution < -0.4 is 5.32 Å². The summed E-state index contributed by atoms with van der Waals surface area (Å²) < 4.78 is 13.4. The lowest BCUT2D eigenvalue weighted by molar-refractivity contribution is 0.101. The number of carbonyl (C=O) groups is 1. The number of hydrogen-bond acceptors (Lipinski definition) is 2. The lowest BCUT2D eigenvalue weighted by atomic mass is 10.1. The highest BCUT2D eigenvalue weighted by Gasteiger charge is 2.08. The summed E-state index contributed by atoms with van der Waals surface area (Å²) in [5, 5.41) is 3.79. The van der Waals surface area contributed by atoms with E-state index in [9.17, 15) is 9.18 Å². The minimum Gasteiger partial charge on any atom is -0.378 e. The number of benzene rings is 2. The van der Waals surface area contributed by atoms with Gasteiger partial charge in [0.15, 0.2) is 5.78 Å². The summed E-state index contributed by atoms with van der Waals surface area (Å²) in [6.45, 7) is 1.71. The Bertz CT molecular complexity index is 658. The summed E-state index contributed by atoms with van der Waals surface area (Å²) >= 11 is 11.7. The van der Waals surface area contributed by atoms with E-state index in [1.54, 1.807) is 37.3 Å². The van der Waals surface area contributed by atoms with E-state index in [0.717, 1.165) is 0 Å². The fourth-order valence-electron chi connectivity index (χ4n) is 1.66. The van der Waals surface area contributed by atoms with Crippen molar-refractivity contribution in [3.8, 4) is 0 Å². The minimum absolute atomic E-state index is 0.0560. The molecule has 0 heterocycles. The molecule has 0 aliphatic heterocycles. The molecule has 0 aliphatic carbocycles. The Morgan fingerprint density at radius 1 is 1.15 bits per heavy atom. The van der Waals surface area contributed by atoms with Gasteiger partial charge in [0.2, 0.25) is 0 Å². The maximum Gasteiger partial charge on any atom is 0.181 e. The average molecular weight is 312 g/mol. The van der Waals surface area contributed by atoms with E-state index in [0.29, 0.717) is 26.9 Å². The van der Waals surface area contributed by atoms with Crippen LogP contribution in [-0.2, 0) is 0 Å². The smallest absolute Gasteiger partial charge is 0.181 e. The Kier molecular flexibility index (Phi) is 4.63. The quantitative estimate of drug-likeness (QED) is 0.827. The molecule has 2 nitrogen and oxygen atoms in total. The predicted octanol–water partition coefficient (Wildman–Crippen LogP) is 4.74. The number of ketones is 1. The number of Topliss-reactive ketones (excluding diaryl/α,β-unsaturated/α-hetero) is 1. The molecule has 0 radical (unpaired) electrons. The number of hydrogen-bond donors (Lipinski definition) is 1. The van der Waals surface area contributed by atoms with Crippen LogP contribution in [0.25, 0.3) is 0 Å². The number of nitrogens with one attached hydrogen (secondary N) is 1. The molecule has 1 N–H and O–H groups in total. The molecular formula is C15H12Cl2FNO. The van der Waals surface area contributed by atoms with Crippen LogP contribution in [-0.4, -0.2) is 12.3 Å². The highest BCUT2D eigenvalue weighted by molar-refractivity contribution is 6.42. The number of anilines is 1. The summed E-state index contributed by atoms with van der Waals surface area (Å²) in [4.78, 5) is 11.9. The number of aryl methyl sites for hydroxylation is 1. The monoisotopic (exact) mass is 311 g/mol. The summed E-state index contributed by atoms with van der Waals surface area (Å²) in [5.74, 6) is -0.583. The van der Waals surface area contributed by atoms with Crippen LogP contribution in [0.4, 0.5) is 10.1 Å². The fraction of sp³-hybridized carbons (Fsp3) is 0.133. The molecule has 0 atom stereocenters. The normalized spacial score (nSPS) is 10.4. The van der Waals surface area contributed by atoms with Gasteiger partial charge in [-0.3, -0.25) is 4.79 Å². The van der Waals surface area contributed by atoms with E-state index >= 15 is 0 Å². The van der Waals surface area contributed by atoms with Crippen molar-refractivity contribution in [1.82, 2.24) is 0 Å². The maximum absolute atomic E-state index is 13.4. The molecule has 104 valence electrons. The zero-order chi connectivity index (χ0) is 14.7. The van der Waals surface area contributed by atoms with E-state index in [1.807, 2.05) is 0 Å². The van der Waals surface area contributed by atoms with E-state index in [1.165, 1.54) is 6.07 Å². The molecule has 2 aromatic carbocycles. The van der Waals surface area contributed by atoms with Gasteiger partial charge in [0.1, 0.15) is 5.82 Å². The second kappa shape index (κ2) is 6.25. The highest BCUT2D eigenvalue weighted by Crippen LogP contribution is 2.24. The first-order valence-corrected chi connectivity index (χ1v) is 6.71. The van der Waals surface area contributed by atoms with Crippen LogP contribution in [0.3, 0.4) is 0 Å². The summed E-state index contributed by atoms with van der Waals surface area (Å²) in [5.41, 5.74) is 1.53. The van der Waals surface area contributed by atoms with Gasteiger partial charge in [-0.1, -0.05) is 35.3 Å². The van der Waals surface area contributed by atoms with Crippen molar-refractivity contribution in [2.45, 2.75) is 6.92 Å². The molecule has 2 rings (SSSR count). The van der Waals surface area contributed by atoms with E-state index < -0.39 is 0 Å². The lowest BCUT2D eigenvalue weighted by Crippen LogP contribution is -2.14. The summed E-state index contributed by atoms with van der Waals surface area (Å²) in [6.07, 6.45) is 0. The van der Waals surface area contributed by atoms with Crippen LogP contribution >= 0.6 is 23.2 Å². The largest absolute Gasteiger partial charge is 0.378 e. The first kappa shape index (κ1) is 14.8. The van der Waals surface area contributed by atoms with Gasteiger partial charge in [-0.15, -0.1) is 0 Å². The lowest BCUT2D eigenvalue weighted by Gasteiger charge is -2.07. The predicted molar refractivity (Wildman–Crippen MR) is 80.4 cm³/mol. The molecule has 2 aromatic rings. The second-order valence-corrected chi connectivity index (χ2v) is 5.18. The van der Waals surface area contributed by atoms with Crippen molar-refractivity contribution >= 4 is 34.7 Å². The number of rotatable bonds is 4. The molecule has 0 saturated carbocycles. The van der Waals surface area contributed by atoms with Crippen molar-refractivity contribution < 1.29 is 9.18 Å². The molecule has 5 heteroatoms. The number of halogens is 3. The Labute approximate surface area is 126 Å². The van der Waals surface area contributed by atoms with Gasteiger partial charge >= 0.3 is 0 Å². The third kappa shape index (κ3) is 3.50. The van der Waals surface area contributed by atoms with Gasteiger partial charge < -0.3 is 5.32 Å². The van der Waals surface area contributed by atoms with Crippen LogP contribution in [0.1, 0.15) is 15.9 Å². The first-order chi connectivity index (χ1) is 9.47. The summed E-state index contributed by atoms with van der Waals surface area (Å²) in [7, 11) is 0. The van der Waals surface area contributed by atoms with E-state index in [-0.39, 0.29) is 18.1 Å².